The van der Waals surface area contributed by atoms with E-state index in [0.29, 0.717) is 6.42 Å². The molecule has 0 saturated carbocycles. The predicted octanol–water partition coefficient (Wildman–Crippen LogP) is 2.63. The van der Waals surface area contributed by atoms with Gasteiger partial charge in [-0.3, -0.25) is 4.79 Å². The third kappa shape index (κ3) is 4.12. The van der Waals surface area contributed by atoms with Gasteiger partial charge in [0, 0.05) is 19.3 Å². The van der Waals surface area contributed by atoms with Crippen molar-refractivity contribution in [1.82, 2.24) is 5.32 Å². The highest BCUT2D eigenvalue weighted by atomic mass is 16.1. The SMILES string of the molecule is CNC(=O)Cc1ccccc1NCCc1ccccc1. The molecule has 0 saturated heterocycles. The summed E-state index contributed by atoms with van der Waals surface area (Å²) in [7, 11) is 1.66. The molecule has 0 atom stereocenters. The van der Waals surface area contributed by atoms with E-state index in [1.807, 2.05) is 30.3 Å². The standard InChI is InChI=1S/C17H20N2O/c1-18-17(20)13-15-9-5-6-10-16(15)19-12-11-14-7-3-2-4-8-14/h2-10,19H,11-13H2,1H3,(H,18,20). The van der Waals surface area contributed by atoms with Crippen molar-refractivity contribution >= 4 is 11.6 Å². The average molecular weight is 268 g/mol. The number of nitrogens with one attached hydrogen (secondary N) is 2. The van der Waals surface area contributed by atoms with Gasteiger partial charge < -0.3 is 10.6 Å². The molecule has 20 heavy (non-hydrogen) atoms. The minimum atomic E-state index is 0.0299. The molecule has 3 heteroatoms. The molecule has 2 N–H and O–H groups in total. The van der Waals surface area contributed by atoms with Crippen molar-refractivity contribution in [3.63, 3.8) is 0 Å². The molecule has 2 rings (SSSR count). The lowest BCUT2D eigenvalue weighted by Crippen LogP contribution is -2.20. The van der Waals surface area contributed by atoms with Crippen LogP contribution in [0.1, 0.15) is 11.1 Å². The fraction of sp³-hybridized carbons (Fsp3) is 0.235. The minimum absolute atomic E-state index is 0.0299. The summed E-state index contributed by atoms with van der Waals surface area (Å²) in [6, 6.07) is 18.3. The van der Waals surface area contributed by atoms with Crippen molar-refractivity contribution in [2.45, 2.75) is 12.8 Å². The van der Waals surface area contributed by atoms with Crippen LogP contribution in [0.25, 0.3) is 0 Å². The second kappa shape index (κ2) is 7.34. The molecule has 0 aliphatic carbocycles. The Kier molecular flexibility index (Phi) is 5.18. The van der Waals surface area contributed by atoms with Gasteiger partial charge in [0.2, 0.25) is 5.91 Å². The van der Waals surface area contributed by atoms with Crippen LogP contribution in [0.2, 0.25) is 0 Å². The quantitative estimate of drug-likeness (QED) is 0.845. The lowest BCUT2D eigenvalue weighted by atomic mass is 10.1. The number of hydrogen-bond donors (Lipinski definition) is 2. The Morgan fingerprint density at radius 1 is 1.00 bits per heavy atom. The van der Waals surface area contributed by atoms with Gasteiger partial charge in [-0.25, -0.2) is 0 Å². The lowest BCUT2D eigenvalue weighted by Gasteiger charge is -2.11. The van der Waals surface area contributed by atoms with Gasteiger partial charge in [-0.1, -0.05) is 48.5 Å². The second-order valence-corrected chi connectivity index (χ2v) is 4.67. The van der Waals surface area contributed by atoms with Gasteiger partial charge in [-0.2, -0.15) is 0 Å². The summed E-state index contributed by atoms with van der Waals surface area (Å²) in [5.74, 6) is 0.0299. The predicted molar refractivity (Wildman–Crippen MR) is 82.8 cm³/mol. The molecular weight excluding hydrogens is 248 g/mol. The smallest absolute Gasteiger partial charge is 0.224 e. The van der Waals surface area contributed by atoms with Crippen molar-refractivity contribution in [1.29, 1.82) is 0 Å². The van der Waals surface area contributed by atoms with Crippen LogP contribution in [0, 0.1) is 0 Å². The third-order valence-corrected chi connectivity index (χ3v) is 3.22. The summed E-state index contributed by atoms with van der Waals surface area (Å²) in [4.78, 5) is 11.5. The first-order valence-corrected chi connectivity index (χ1v) is 6.86. The van der Waals surface area contributed by atoms with Crippen LogP contribution in [-0.4, -0.2) is 19.5 Å². The first kappa shape index (κ1) is 14.1. The molecule has 0 aromatic heterocycles. The number of carbonyl (C=O) groups is 1. The van der Waals surface area contributed by atoms with Crippen molar-refractivity contribution < 1.29 is 4.79 Å². The van der Waals surface area contributed by atoms with Gasteiger partial charge in [0.1, 0.15) is 0 Å². The molecule has 0 heterocycles. The van der Waals surface area contributed by atoms with Crippen LogP contribution < -0.4 is 10.6 Å². The summed E-state index contributed by atoms with van der Waals surface area (Å²) in [6.45, 7) is 0.856. The number of para-hydroxylation sites is 1. The Labute approximate surface area is 120 Å². The van der Waals surface area contributed by atoms with E-state index < -0.39 is 0 Å². The van der Waals surface area contributed by atoms with Gasteiger partial charge >= 0.3 is 0 Å². The van der Waals surface area contributed by atoms with Crippen LogP contribution in [0.5, 0.6) is 0 Å². The van der Waals surface area contributed by atoms with Gasteiger partial charge in [-0.15, -0.1) is 0 Å². The highest BCUT2D eigenvalue weighted by Crippen LogP contribution is 2.15. The summed E-state index contributed by atoms with van der Waals surface area (Å²) in [5, 5.41) is 6.07. The molecule has 0 fully saturated rings. The molecule has 0 spiro atoms. The van der Waals surface area contributed by atoms with Crippen LogP contribution in [0.15, 0.2) is 54.6 Å². The second-order valence-electron chi connectivity index (χ2n) is 4.67. The number of anilines is 1. The monoisotopic (exact) mass is 268 g/mol. The maximum absolute atomic E-state index is 11.5. The third-order valence-electron chi connectivity index (χ3n) is 3.22. The van der Waals surface area contributed by atoms with Crippen LogP contribution >= 0.6 is 0 Å². The number of benzene rings is 2. The van der Waals surface area contributed by atoms with E-state index in [-0.39, 0.29) is 5.91 Å². The maximum Gasteiger partial charge on any atom is 0.224 e. The summed E-state index contributed by atoms with van der Waals surface area (Å²) < 4.78 is 0. The van der Waals surface area contributed by atoms with Gasteiger partial charge in [0.05, 0.1) is 6.42 Å². The Morgan fingerprint density at radius 3 is 2.45 bits per heavy atom. The zero-order valence-corrected chi connectivity index (χ0v) is 11.7. The average Bonchev–Trinajstić information content (AvgIpc) is 2.50. The highest BCUT2D eigenvalue weighted by molar-refractivity contribution is 5.80. The Balaban J connectivity index is 1.94. The molecule has 3 nitrogen and oxygen atoms in total. The first-order valence-electron chi connectivity index (χ1n) is 6.86. The molecule has 0 aliphatic rings. The van der Waals surface area contributed by atoms with Gasteiger partial charge in [0.25, 0.3) is 0 Å². The van der Waals surface area contributed by atoms with Gasteiger partial charge in [-0.05, 0) is 23.6 Å². The number of carbonyl (C=O) groups excluding carboxylic acids is 1. The molecule has 0 aliphatic heterocycles. The number of rotatable bonds is 6. The zero-order chi connectivity index (χ0) is 14.2. The number of amides is 1. The largest absolute Gasteiger partial charge is 0.384 e. The topological polar surface area (TPSA) is 41.1 Å². The van der Waals surface area contributed by atoms with Crippen molar-refractivity contribution in [3.8, 4) is 0 Å². The summed E-state index contributed by atoms with van der Waals surface area (Å²) >= 11 is 0. The van der Waals surface area contributed by atoms with E-state index in [0.717, 1.165) is 24.2 Å². The minimum Gasteiger partial charge on any atom is -0.384 e. The fourth-order valence-corrected chi connectivity index (χ4v) is 2.09. The highest BCUT2D eigenvalue weighted by Gasteiger charge is 2.05. The Bertz CT molecular complexity index is 552. The van der Waals surface area contributed by atoms with Crippen LogP contribution in [0.3, 0.4) is 0 Å². The van der Waals surface area contributed by atoms with Crippen LogP contribution in [-0.2, 0) is 17.6 Å². The maximum atomic E-state index is 11.5. The van der Waals surface area contributed by atoms with Crippen molar-refractivity contribution in [3.05, 3.63) is 65.7 Å². The van der Waals surface area contributed by atoms with Gasteiger partial charge in [0.15, 0.2) is 0 Å². The zero-order valence-electron chi connectivity index (χ0n) is 11.7. The normalized spacial score (nSPS) is 10.1. The molecule has 104 valence electrons. The fourth-order valence-electron chi connectivity index (χ4n) is 2.09. The van der Waals surface area contributed by atoms with E-state index in [2.05, 4.69) is 34.9 Å². The first-order chi connectivity index (χ1) is 9.79. The molecular formula is C17H20N2O. The molecule has 1 amide bonds. The van der Waals surface area contributed by atoms with E-state index >= 15 is 0 Å². The Hall–Kier alpha value is -2.29. The summed E-state index contributed by atoms with van der Waals surface area (Å²) in [5.41, 5.74) is 3.37. The molecule has 2 aromatic carbocycles. The van der Waals surface area contributed by atoms with E-state index in [1.54, 1.807) is 7.05 Å². The Morgan fingerprint density at radius 2 is 1.70 bits per heavy atom. The summed E-state index contributed by atoms with van der Waals surface area (Å²) in [6.07, 6.45) is 1.38. The number of hydrogen-bond acceptors (Lipinski definition) is 2. The van der Waals surface area contributed by atoms with Crippen LogP contribution in [0.4, 0.5) is 5.69 Å². The van der Waals surface area contributed by atoms with E-state index in [4.69, 9.17) is 0 Å². The van der Waals surface area contributed by atoms with E-state index in [9.17, 15) is 4.79 Å². The lowest BCUT2D eigenvalue weighted by molar-refractivity contribution is -0.119. The molecule has 2 aromatic rings. The number of likely N-dealkylation sites (N-methyl/N-ethyl adjacent to an activating group) is 1. The van der Waals surface area contributed by atoms with E-state index in [1.165, 1.54) is 5.56 Å². The molecule has 0 bridgehead atoms. The molecule has 0 unspecified atom stereocenters. The van der Waals surface area contributed by atoms with Crippen molar-refractivity contribution in [2.24, 2.45) is 0 Å². The van der Waals surface area contributed by atoms with Crippen molar-refractivity contribution in [2.75, 3.05) is 18.9 Å². The molecule has 0 radical (unpaired) electrons.